The molecule has 5 heteroatoms. The quantitative estimate of drug-likeness (QED) is 0.746. The van der Waals surface area contributed by atoms with Gasteiger partial charge >= 0.3 is 0 Å². The summed E-state index contributed by atoms with van der Waals surface area (Å²) in [5.74, 6) is -0.938. The van der Waals surface area contributed by atoms with E-state index in [2.05, 4.69) is 9.97 Å². The number of halogens is 1. The molecule has 1 rings (SSSR count). The number of carbonyl (C=O) groups excluding carboxylic acids is 1. The maximum absolute atomic E-state index is 12.4. The van der Waals surface area contributed by atoms with Crippen LogP contribution in [0.4, 0.5) is 10.2 Å². The van der Waals surface area contributed by atoms with E-state index < -0.39 is 5.95 Å². The summed E-state index contributed by atoms with van der Waals surface area (Å²) in [5.41, 5.74) is 0. The molecular weight excluding hydrogens is 185 g/mol. The van der Waals surface area contributed by atoms with Gasteiger partial charge in [-0.15, -0.1) is 0 Å². The summed E-state index contributed by atoms with van der Waals surface area (Å²) in [6, 6.07) is 0. The minimum Gasteiger partial charge on any atom is -0.309 e. The van der Waals surface area contributed by atoms with Crippen molar-refractivity contribution in [2.24, 2.45) is 0 Å². The van der Waals surface area contributed by atoms with Gasteiger partial charge in [-0.25, -0.2) is 9.97 Å². The monoisotopic (exact) mass is 201 g/mol. The highest BCUT2D eigenvalue weighted by Gasteiger charge is 1.99. The maximum atomic E-state index is 12.4. The standard InChI is InChI=1S/C5H4FN3O.2C2H6/c6-4-5(9-3-10)8-2-1-7-4;2*1-2/h1-3H,(H,8,9,10);2*1-2H3. The van der Waals surface area contributed by atoms with Crippen molar-refractivity contribution in [3.05, 3.63) is 18.3 Å². The van der Waals surface area contributed by atoms with Gasteiger partial charge in [0.1, 0.15) is 0 Å². The summed E-state index contributed by atoms with van der Waals surface area (Å²) < 4.78 is 12.4. The van der Waals surface area contributed by atoms with Crippen molar-refractivity contribution < 1.29 is 9.18 Å². The average Bonchev–Trinajstić information content (AvgIpc) is 2.28. The molecule has 80 valence electrons. The summed E-state index contributed by atoms with van der Waals surface area (Å²) in [4.78, 5) is 16.5. The van der Waals surface area contributed by atoms with Gasteiger partial charge < -0.3 is 5.32 Å². The largest absolute Gasteiger partial charge is 0.309 e. The molecule has 4 nitrogen and oxygen atoms in total. The van der Waals surface area contributed by atoms with Crippen LogP contribution in [0.5, 0.6) is 0 Å². The van der Waals surface area contributed by atoms with Crippen LogP contribution in [0.3, 0.4) is 0 Å². The van der Waals surface area contributed by atoms with Crippen LogP contribution < -0.4 is 5.32 Å². The van der Waals surface area contributed by atoms with Crippen LogP contribution in [-0.2, 0) is 4.79 Å². The number of nitrogens with one attached hydrogen (secondary N) is 1. The van der Waals surface area contributed by atoms with Crippen molar-refractivity contribution in [1.29, 1.82) is 0 Å². The molecule has 0 aromatic carbocycles. The number of aromatic nitrogens is 2. The summed E-state index contributed by atoms with van der Waals surface area (Å²) in [7, 11) is 0. The van der Waals surface area contributed by atoms with Gasteiger partial charge in [-0.05, 0) is 0 Å². The Hall–Kier alpha value is -1.52. The molecule has 0 atom stereocenters. The lowest BCUT2D eigenvalue weighted by atomic mass is 10.6. The molecule has 0 aliphatic rings. The van der Waals surface area contributed by atoms with E-state index in [1.165, 1.54) is 12.4 Å². The first kappa shape index (κ1) is 15.0. The number of nitrogens with zero attached hydrogens (tertiary/aromatic N) is 2. The summed E-state index contributed by atoms with van der Waals surface area (Å²) in [6.07, 6.45) is 2.83. The number of rotatable bonds is 2. The Morgan fingerprint density at radius 2 is 1.71 bits per heavy atom. The second-order valence-corrected chi connectivity index (χ2v) is 1.46. The molecular formula is C9H16FN3O. The summed E-state index contributed by atoms with van der Waals surface area (Å²) in [6.45, 7) is 8.00. The van der Waals surface area contributed by atoms with Crippen LogP contribution in [0.25, 0.3) is 0 Å². The van der Waals surface area contributed by atoms with Gasteiger partial charge in [0.15, 0.2) is 5.82 Å². The molecule has 0 fully saturated rings. The van der Waals surface area contributed by atoms with E-state index in [0.29, 0.717) is 6.41 Å². The van der Waals surface area contributed by atoms with Gasteiger partial charge in [-0.2, -0.15) is 4.39 Å². The first-order valence-corrected chi connectivity index (χ1v) is 4.51. The molecule has 0 aliphatic heterocycles. The zero-order valence-corrected chi connectivity index (χ0v) is 8.91. The van der Waals surface area contributed by atoms with E-state index in [1.807, 2.05) is 33.0 Å². The Morgan fingerprint density at radius 1 is 1.21 bits per heavy atom. The highest BCUT2D eigenvalue weighted by Crippen LogP contribution is 2.02. The first-order chi connectivity index (χ1) is 6.84. The molecule has 14 heavy (non-hydrogen) atoms. The average molecular weight is 201 g/mol. The molecule has 0 unspecified atom stereocenters. The van der Waals surface area contributed by atoms with E-state index in [-0.39, 0.29) is 5.82 Å². The lowest BCUT2D eigenvalue weighted by Crippen LogP contribution is -2.00. The fourth-order valence-corrected chi connectivity index (χ4v) is 0.474. The third-order valence-electron chi connectivity index (χ3n) is 0.849. The molecule has 1 aromatic rings. The predicted octanol–water partition coefficient (Wildman–Crippen LogP) is 2.24. The molecule has 0 spiro atoms. The predicted molar refractivity (Wildman–Crippen MR) is 54.4 cm³/mol. The van der Waals surface area contributed by atoms with E-state index >= 15 is 0 Å². The molecule has 0 bridgehead atoms. The van der Waals surface area contributed by atoms with Crippen molar-refractivity contribution in [2.45, 2.75) is 27.7 Å². The van der Waals surface area contributed by atoms with Crippen molar-refractivity contribution in [3.63, 3.8) is 0 Å². The topological polar surface area (TPSA) is 54.9 Å². The number of anilines is 1. The Kier molecular flexibility index (Phi) is 12.3. The zero-order valence-electron chi connectivity index (χ0n) is 8.91. The molecule has 1 heterocycles. The van der Waals surface area contributed by atoms with E-state index in [9.17, 15) is 9.18 Å². The Labute approximate surface area is 83.6 Å². The Balaban J connectivity index is 0. The maximum Gasteiger partial charge on any atom is 0.256 e. The van der Waals surface area contributed by atoms with Crippen LogP contribution in [0.2, 0.25) is 0 Å². The summed E-state index contributed by atoms with van der Waals surface area (Å²) in [5, 5.41) is 2.05. The van der Waals surface area contributed by atoms with E-state index in [4.69, 9.17) is 0 Å². The van der Waals surface area contributed by atoms with Gasteiger partial charge in [-0.3, -0.25) is 4.79 Å². The van der Waals surface area contributed by atoms with Crippen LogP contribution in [0.15, 0.2) is 12.4 Å². The lowest BCUT2D eigenvalue weighted by Gasteiger charge is -1.94. The third-order valence-corrected chi connectivity index (χ3v) is 0.849. The van der Waals surface area contributed by atoms with Gasteiger partial charge in [-0.1, -0.05) is 27.7 Å². The second-order valence-electron chi connectivity index (χ2n) is 1.46. The van der Waals surface area contributed by atoms with Crippen molar-refractivity contribution >= 4 is 12.2 Å². The molecule has 0 saturated heterocycles. The second kappa shape index (κ2) is 11.5. The van der Waals surface area contributed by atoms with E-state index in [1.54, 1.807) is 0 Å². The van der Waals surface area contributed by atoms with Crippen LogP contribution in [0.1, 0.15) is 27.7 Å². The Morgan fingerprint density at radius 3 is 2.14 bits per heavy atom. The number of carbonyl (C=O) groups is 1. The molecule has 1 amide bonds. The Bertz CT molecular complexity index is 243. The normalized spacial score (nSPS) is 7.21. The van der Waals surface area contributed by atoms with Crippen LogP contribution >= 0.6 is 0 Å². The van der Waals surface area contributed by atoms with Gasteiger partial charge in [0, 0.05) is 12.4 Å². The highest BCUT2D eigenvalue weighted by molar-refractivity contribution is 5.68. The number of amides is 1. The smallest absolute Gasteiger partial charge is 0.256 e. The fraction of sp³-hybridized carbons (Fsp3) is 0.444. The minimum absolute atomic E-state index is 0.155. The van der Waals surface area contributed by atoms with E-state index in [0.717, 1.165) is 0 Å². The molecule has 0 aliphatic carbocycles. The SMILES string of the molecule is CC.CC.O=CNc1nccnc1F. The number of hydrogen-bond donors (Lipinski definition) is 1. The lowest BCUT2D eigenvalue weighted by molar-refractivity contribution is -0.105. The first-order valence-electron chi connectivity index (χ1n) is 4.51. The molecule has 1 aromatic heterocycles. The third kappa shape index (κ3) is 6.05. The van der Waals surface area contributed by atoms with Gasteiger partial charge in [0.2, 0.25) is 6.41 Å². The van der Waals surface area contributed by atoms with Crippen LogP contribution in [0, 0.1) is 5.95 Å². The molecule has 0 radical (unpaired) electrons. The van der Waals surface area contributed by atoms with Crippen molar-refractivity contribution in [2.75, 3.05) is 5.32 Å². The minimum atomic E-state index is -0.783. The summed E-state index contributed by atoms with van der Waals surface area (Å²) >= 11 is 0. The van der Waals surface area contributed by atoms with Crippen molar-refractivity contribution in [3.8, 4) is 0 Å². The fourth-order valence-electron chi connectivity index (χ4n) is 0.474. The van der Waals surface area contributed by atoms with Gasteiger partial charge in [0.05, 0.1) is 0 Å². The number of hydrogen-bond acceptors (Lipinski definition) is 3. The van der Waals surface area contributed by atoms with Crippen molar-refractivity contribution in [1.82, 2.24) is 9.97 Å². The van der Waals surface area contributed by atoms with Gasteiger partial charge in [0.25, 0.3) is 5.95 Å². The van der Waals surface area contributed by atoms with Crippen LogP contribution in [-0.4, -0.2) is 16.4 Å². The molecule has 1 N–H and O–H groups in total. The highest BCUT2D eigenvalue weighted by atomic mass is 19.1. The molecule has 0 saturated carbocycles. The zero-order chi connectivity index (χ0) is 11.4.